The van der Waals surface area contributed by atoms with E-state index in [1.165, 1.54) is 6.26 Å². The Morgan fingerprint density at radius 1 is 1.19 bits per heavy atom. The molecule has 26 heavy (non-hydrogen) atoms. The van der Waals surface area contributed by atoms with Crippen molar-refractivity contribution in [3.63, 3.8) is 0 Å². The molecule has 0 aliphatic heterocycles. The van der Waals surface area contributed by atoms with Gasteiger partial charge in [-0.15, -0.1) is 10.2 Å². The molecule has 9 heteroatoms. The lowest BCUT2D eigenvalue weighted by molar-refractivity contribution is -0.117. The van der Waals surface area contributed by atoms with E-state index in [1.807, 2.05) is 26.0 Å². The number of rotatable bonds is 5. The fourth-order valence-electron chi connectivity index (χ4n) is 2.17. The van der Waals surface area contributed by atoms with Crippen LogP contribution in [0.15, 0.2) is 50.7 Å². The highest BCUT2D eigenvalue weighted by Gasteiger charge is 2.14. The van der Waals surface area contributed by atoms with Crippen LogP contribution in [0.1, 0.15) is 11.1 Å². The van der Waals surface area contributed by atoms with Gasteiger partial charge in [-0.2, -0.15) is 0 Å². The number of aromatic nitrogens is 2. The van der Waals surface area contributed by atoms with Crippen LogP contribution in [0.4, 0.5) is 10.5 Å². The molecule has 3 aromatic rings. The fraction of sp³-hybridized carbons (Fsp3) is 0.176. The number of thioether (sulfide) groups is 1. The molecule has 0 atom stereocenters. The van der Waals surface area contributed by atoms with Gasteiger partial charge >= 0.3 is 6.03 Å². The quantitative estimate of drug-likeness (QED) is 0.661. The summed E-state index contributed by atoms with van der Waals surface area (Å²) in [5.74, 6) is 0.155. The van der Waals surface area contributed by atoms with Crippen LogP contribution in [0.25, 0.3) is 11.7 Å². The Hall–Kier alpha value is -3.07. The van der Waals surface area contributed by atoms with E-state index >= 15 is 0 Å². The number of nitrogens with zero attached hydrogens (tertiary/aromatic N) is 2. The summed E-state index contributed by atoms with van der Waals surface area (Å²) in [6.45, 7) is 3.85. The molecule has 2 heterocycles. The number of hydrogen-bond donors (Lipinski definition) is 2. The predicted octanol–water partition coefficient (Wildman–Crippen LogP) is 3.39. The van der Waals surface area contributed by atoms with Gasteiger partial charge in [-0.25, -0.2) is 4.79 Å². The lowest BCUT2D eigenvalue weighted by Gasteiger charge is -2.09. The van der Waals surface area contributed by atoms with Gasteiger partial charge in [0.1, 0.15) is 0 Å². The molecule has 0 aliphatic carbocycles. The number of urea groups is 1. The first kappa shape index (κ1) is 17.7. The first-order chi connectivity index (χ1) is 12.5. The molecular weight excluding hydrogens is 356 g/mol. The lowest BCUT2D eigenvalue weighted by Crippen LogP contribution is -2.35. The van der Waals surface area contributed by atoms with Crippen LogP contribution >= 0.6 is 11.8 Å². The Kier molecular flexibility index (Phi) is 5.37. The number of hydrogen-bond acceptors (Lipinski definition) is 7. The van der Waals surface area contributed by atoms with Crippen LogP contribution in [-0.4, -0.2) is 27.9 Å². The number of aryl methyl sites for hydroxylation is 2. The summed E-state index contributed by atoms with van der Waals surface area (Å²) in [5.41, 5.74) is 2.65. The predicted molar refractivity (Wildman–Crippen MR) is 95.8 cm³/mol. The average molecular weight is 372 g/mol. The average Bonchev–Trinajstić information content (AvgIpc) is 3.26. The first-order valence-electron chi connectivity index (χ1n) is 7.69. The third-order valence-corrected chi connectivity index (χ3v) is 4.17. The van der Waals surface area contributed by atoms with Crippen LogP contribution in [0.2, 0.25) is 0 Å². The topological polar surface area (TPSA) is 110 Å². The van der Waals surface area contributed by atoms with Gasteiger partial charge in [0, 0.05) is 5.69 Å². The monoisotopic (exact) mass is 372 g/mol. The number of carbonyl (C=O) groups excluding carboxylic acids is 2. The van der Waals surface area contributed by atoms with Crippen LogP contribution in [0.5, 0.6) is 0 Å². The number of imide groups is 1. The van der Waals surface area contributed by atoms with Crippen molar-refractivity contribution < 1.29 is 18.4 Å². The smallest absolute Gasteiger partial charge is 0.325 e. The van der Waals surface area contributed by atoms with E-state index in [0.717, 1.165) is 22.9 Å². The molecule has 3 amide bonds. The molecule has 2 aromatic heterocycles. The lowest BCUT2D eigenvalue weighted by atomic mass is 10.1. The largest absolute Gasteiger partial charge is 0.459 e. The maximum atomic E-state index is 11.9. The maximum absolute atomic E-state index is 11.9. The minimum atomic E-state index is -0.593. The summed E-state index contributed by atoms with van der Waals surface area (Å²) >= 11 is 1.03. The van der Waals surface area contributed by atoms with E-state index in [-0.39, 0.29) is 16.9 Å². The van der Waals surface area contributed by atoms with E-state index in [2.05, 4.69) is 20.8 Å². The summed E-state index contributed by atoms with van der Waals surface area (Å²) < 4.78 is 10.5. The SMILES string of the molecule is Cc1ccc(NC(=O)NC(=O)CSc2nnc(-c3ccco3)o2)c(C)c1. The standard InChI is InChI=1S/C17H16N4O4S/c1-10-5-6-12(11(2)8-10)18-16(23)19-14(22)9-26-17-21-20-15(25-17)13-4-3-7-24-13/h3-8H,9H2,1-2H3,(H2,18,19,22,23). The van der Waals surface area contributed by atoms with Crippen LogP contribution in [0, 0.1) is 13.8 Å². The van der Waals surface area contributed by atoms with Crippen LogP contribution in [0.3, 0.4) is 0 Å². The van der Waals surface area contributed by atoms with E-state index < -0.39 is 11.9 Å². The molecule has 0 unspecified atom stereocenters. The minimum Gasteiger partial charge on any atom is -0.459 e. The zero-order chi connectivity index (χ0) is 18.5. The molecule has 8 nitrogen and oxygen atoms in total. The van der Waals surface area contributed by atoms with Crippen molar-refractivity contribution >= 4 is 29.4 Å². The Bertz CT molecular complexity index is 921. The van der Waals surface area contributed by atoms with E-state index in [0.29, 0.717) is 11.4 Å². The highest BCUT2D eigenvalue weighted by Crippen LogP contribution is 2.23. The molecule has 3 rings (SSSR count). The number of nitrogens with one attached hydrogen (secondary N) is 2. The highest BCUT2D eigenvalue weighted by atomic mass is 32.2. The van der Waals surface area contributed by atoms with Gasteiger partial charge in [-0.1, -0.05) is 29.5 Å². The third kappa shape index (κ3) is 4.51. The van der Waals surface area contributed by atoms with Gasteiger partial charge in [0.05, 0.1) is 12.0 Å². The van der Waals surface area contributed by atoms with Crippen molar-refractivity contribution in [2.45, 2.75) is 19.1 Å². The van der Waals surface area contributed by atoms with Crippen molar-refractivity contribution in [2.75, 3.05) is 11.1 Å². The van der Waals surface area contributed by atoms with Crippen LogP contribution in [-0.2, 0) is 4.79 Å². The second-order valence-corrected chi connectivity index (χ2v) is 6.39. The van der Waals surface area contributed by atoms with Gasteiger partial charge in [0.25, 0.3) is 11.1 Å². The molecule has 134 valence electrons. The van der Waals surface area contributed by atoms with E-state index in [4.69, 9.17) is 8.83 Å². The molecule has 0 aliphatic rings. The van der Waals surface area contributed by atoms with Crippen molar-refractivity contribution in [1.82, 2.24) is 15.5 Å². The summed E-state index contributed by atoms with van der Waals surface area (Å²) in [6, 6.07) is 8.41. The maximum Gasteiger partial charge on any atom is 0.325 e. The molecule has 0 saturated carbocycles. The number of carbonyl (C=O) groups is 2. The van der Waals surface area contributed by atoms with Crippen LogP contribution < -0.4 is 10.6 Å². The van der Waals surface area contributed by atoms with Crippen molar-refractivity contribution in [1.29, 1.82) is 0 Å². The van der Waals surface area contributed by atoms with Gasteiger partial charge < -0.3 is 14.2 Å². The van der Waals surface area contributed by atoms with Crippen molar-refractivity contribution in [2.24, 2.45) is 0 Å². The number of furan rings is 1. The Labute approximate surface area is 153 Å². The fourth-order valence-corrected chi connectivity index (χ4v) is 2.73. The highest BCUT2D eigenvalue weighted by molar-refractivity contribution is 7.99. The summed E-state index contributed by atoms with van der Waals surface area (Å²) in [7, 11) is 0. The first-order valence-corrected chi connectivity index (χ1v) is 8.68. The third-order valence-electron chi connectivity index (χ3n) is 3.35. The minimum absolute atomic E-state index is 0.0416. The van der Waals surface area contributed by atoms with E-state index in [1.54, 1.807) is 18.2 Å². The molecule has 0 radical (unpaired) electrons. The Morgan fingerprint density at radius 3 is 2.77 bits per heavy atom. The molecule has 1 aromatic carbocycles. The molecule has 2 N–H and O–H groups in total. The molecule has 0 fully saturated rings. The van der Waals surface area contributed by atoms with Gasteiger partial charge in [0.2, 0.25) is 5.91 Å². The van der Waals surface area contributed by atoms with E-state index in [9.17, 15) is 9.59 Å². The van der Waals surface area contributed by atoms with Crippen molar-refractivity contribution in [3.05, 3.63) is 47.7 Å². The summed E-state index contributed by atoms with van der Waals surface area (Å²) in [6.07, 6.45) is 1.49. The zero-order valence-electron chi connectivity index (χ0n) is 14.1. The zero-order valence-corrected chi connectivity index (χ0v) is 14.9. The number of anilines is 1. The van der Waals surface area contributed by atoms with Gasteiger partial charge in [-0.05, 0) is 37.6 Å². The summed E-state index contributed by atoms with van der Waals surface area (Å²) in [5, 5.41) is 12.8. The number of amides is 3. The Balaban J connectivity index is 1.48. The van der Waals surface area contributed by atoms with Gasteiger partial charge in [0.15, 0.2) is 5.76 Å². The molecule has 0 spiro atoms. The van der Waals surface area contributed by atoms with Gasteiger partial charge in [-0.3, -0.25) is 10.1 Å². The molecule has 0 saturated heterocycles. The normalized spacial score (nSPS) is 10.5. The van der Waals surface area contributed by atoms with Crippen molar-refractivity contribution in [3.8, 4) is 11.7 Å². The second-order valence-electron chi connectivity index (χ2n) is 5.46. The Morgan fingerprint density at radius 2 is 2.04 bits per heavy atom. The molecule has 0 bridgehead atoms. The second kappa shape index (κ2) is 7.87. The number of benzene rings is 1. The summed E-state index contributed by atoms with van der Waals surface area (Å²) in [4.78, 5) is 23.8. The molecular formula is C17H16N4O4S.